The third-order valence-electron chi connectivity index (χ3n) is 6.01. The minimum atomic E-state index is -0.798. The Morgan fingerprint density at radius 2 is 2.19 bits per heavy atom. The number of non-ortho nitro benzene ring substituents is 1. The van der Waals surface area contributed by atoms with Crippen LogP contribution in [0.1, 0.15) is 18.4 Å². The largest absolute Gasteiger partial charge is 0.383 e. The fourth-order valence-corrected chi connectivity index (χ4v) is 6.31. The number of hydrogen-bond donors (Lipinski definition) is 3. The molecule has 0 radical (unpaired) electrons. The molecule has 8 nitrogen and oxygen atoms in total. The van der Waals surface area contributed by atoms with Gasteiger partial charge in [0.1, 0.15) is 11.0 Å². The molecule has 0 aliphatic heterocycles. The van der Waals surface area contributed by atoms with E-state index in [-0.39, 0.29) is 39.8 Å². The SMILES string of the molecule is C=C(Cl)/N=C\C(F)=C(/N)N[C@H]1C(C(N)=O)[C@H]2C[C@@H]1[C@H](SCCc1cccc([N+](=O)[O-])c1)C2. The van der Waals surface area contributed by atoms with Crippen LogP contribution in [0.3, 0.4) is 0 Å². The topological polar surface area (TPSA) is 137 Å². The number of hydrogen-bond acceptors (Lipinski definition) is 7. The van der Waals surface area contributed by atoms with Crippen molar-refractivity contribution in [2.24, 2.45) is 34.2 Å². The van der Waals surface area contributed by atoms with Gasteiger partial charge >= 0.3 is 0 Å². The van der Waals surface area contributed by atoms with Crippen molar-refractivity contribution in [3.05, 3.63) is 63.3 Å². The molecular weight excluding hydrogens is 457 g/mol. The molecule has 0 aromatic heterocycles. The van der Waals surface area contributed by atoms with Gasteiger partial charge in [0, 0.05) is 23.4 Å². The van der Waals surface area contributed by atoms with Gasteiger partial charge in [-0.2, -0.15) is 11.8 Å². The fourth-order valence-electron chi connectivity index (χ4n) is 4.70. The van der Waals surface area contributed by atoms with Crippen LogP contribution in [0.15, 0.2) is 52.6 Å². The van der Waals surface area contributed by atoms with Gasteiger partial charge in [-0.15, -0.1) is 0 Å². The van der Waals surface area contributed by atoms with Gasteiger partial charge in [-0.1, -0.05) is 30.3 Å². The van der Waals surface area contributed by atoms with Crippen LogP contribution in [0.5, 0.6) is 0 Å². The maximum Gasteiger partial charge on any atom is 0.269 e. The number of carbonyl (C=O) groups is 1. The molecule has 2 aliphatic rings. The number of fused-ring (bicyclic) bond motifs is 2. The first kappa shape index (κ1) is 24.1. The van der Waals surface area contributed by atoms with Gasteiger partial charge in [0.05, 0.1) is 17.1 Å². The molecule has 0 saturated heterocycles. The minimum absolute atomic E-state index is 0.0755. The molecule has 2 bridgehead atoms. The van der Waals surface area contributed by atoms with Crippen molar-refractivity contribution in [3.63, 3.8) is 0 Å². The highest BCUT2D eigenvalue weighted by Crippen LogP contribution is 2.52. The number of amides is 1. The monoisotopic (exact) mass is 481 g/mol. The van der Waals surface area contributed by atoms with Crippen molar-refractivity contribution in [2.45, 2.75) is 30.6 Å². The Hall–Kier alpha value is -2.59. The van der Waals surface area contributed by atoms with Crippen molar-refractivity contribution >= 4 is 41.2 Å². The van der Waals surface area contributed by atoms with Crippen LogP contribution in [0.4, 0.5) is 10.1 Å². The molecule has 2 aliphatic carbocycles. The van der Waals surface area contributed by atoms with Crippen molar-refractivity contribution < 1.29 is 14.1 Å². The summed E-state index contributed by atoms with van der Waals surface area (Å²) in [4.78, 5) is 26.2. The van der Waals surface area contributed by atoms with Gasteiger partial charge in [0.2, 0.25) is 5.91 Å². The molecule has 11 heteroatoms. The lowest BCUT2D eigenvalue weighted by atomic mass is 9.83. The third kappa shape index (κ3) is 5.60. The lowest BCUT2D eigenvalue weighted by Crippen LogP contribution is -2.50. The van der Waals surface area contributed by atoms with Gasteiger partial charge in [-0.3, -0.25) is 14.9 Å². The Bertz CT molecular complexity index is 973. The van der Waals surface area contributed by atoms with Crippen LogP contribution in [0.2, 0.25) is 0 Å². The number of nitro benzene ring substituents is 1. The summed E-state index contributed by atoms with van der Waals surface area (Å²) >= 11 is 7.26. The highest BCUT2D eigenvalue weighted by Gasteiger charge is 2.55. The molecule has 32 heavy (non-hydrogen) atoms. The van der Waals surface area contributed by atoms with E-state index in [1.807, 2.05) is 6.07 Å². The number of nitro groups is 1. The Labute approximate surface area is 194 Å². The predicted molar refractivity (Wildman–Crippen MR) is 125 cm³/mol. The van der Waals surface area contributed by atoms with E-state index in [1.54, 1.807) is 23.9 Å². The second-order valence-corrected chi connectivity index (χ2v) is 9.76. The number of aryl methyl sites for hydroxylation is 1. The van der Waals surface area contributed by atoms with Gasteiger partial charge in [-0.05, 0) is 42.4 Å². The summed E-state index contributed by atoms with van der Waals surface area (Å²) in [6.45, 7) is 3.35. The van der Waals surface area contributed by atoms with Crippen LogP contribution in [-0.2, 0) is 11.2 Å². The molecule has 0 spiro atoms. The lowest BCUT2D eigenvalue weighted by molar-refractivity contribution is -0.384. The summed E-state index contributed by atoms with van der Waals surface area (Å²) in [5.41, 5.74) is 12.5. The van der Waals surface area contributed by atoms with Crippen LogP contribution in [0.25, 0.3) is 0 Å². The smallest absolute Gasteiger partial charge is 0.269 e. The Kier molecular flexibility index (Phi) is 7.78. The molecule has 1 unspecified atom stereocenters. The molecule has 1 aromatic carbocycles. The number of nitrogens with zero attached hydrogens (tertiary/aromatic N) is 2. The van der Waals surface area contributed by atoms with Gasteiger partial charge in [0.15, 0.2) is 5.83 Å². The summed E-state index contributed by atoms with van der Waals surface area (Å²) in [6, 6.07) is 6.23. The molecule has 1 amide bonds. The Morgan fingerprint density at radius 1 is 1.44 bits per heavy atom. The molecule has 5 atom stereocenters. The zero-order valence-electron chi connectivity index (χ0n) is 17.2. The Balaban J connectivity index is 1.65. The second kappa shape index (κ2) is 10.4. The molecule has 1 aromatic rings. The number of halogens is 2. The number of carbonyl (C=O) groups excluding carboxylic acids is 1. The molecule has 172 valence electrons. The van der Waals surface area contributed by atoms with E-state index < -0.39 is 22.6 Å². The Morgan fingerprint density at radius 3 is 2.84 bits per heavy atom. The summed E-state index contributed by atoms with van der Waals surface area (Å²) in [5.74, 6) is -0.904. The number of primary amides is 1. The van der Waals surface area contributed by atoms with Crippen LogP contribution in [0, 0.1) is 27.9 Å². The van der Waals surface area contributed by atoms with Gasteiger partial charge in [-0.25, -0.2) is 9.38 Å². The van der Waals surface area contributed by atoms with Crippen LogP contribution < -0.4 is 16.8 Å². The number of allylic oxidation sites excluding steroid dienone is 1. The van der Waals surface area contributed by atoms with E-state index in [1.165, 1.54) is 6.07 Å². The fraction of sp³-hybridized carbons (Fsp3) is 0.429. The summed E-state index contributed by atoms with van der Waals surface area (Å²) in [5, 5.41) is 14.1. The van der Waals surface area contributed by atoms with E-state index in [0.29, 0.717) is 6.42 Å². The van der Waals surface area contributed by atoms with Crippen molar-refractivity contribution in [2.75, 3.05) is 5.75 Å². The third-order valence-corrected chi connectivity index (χ3v) is 7.52. The van der Waals surface area contributed by atoms with E-state index in [4.69, 9.17) is 23.1 Å². The lowest BCUT2D eigenvalue weighted by Gasteiger charge is -2.35. The number of benzene rings is 1. The summed E-state index contributed by atoms with van der Waals surface area (Å²) in [7, 11) is 0. The summed E-state index contributed by atoms with van der Waals surface area (Å²) in [6.07, 6.45) is 3.21. The number of rotatable bonds is 10. The molecular formula is C21H25ClFN5O3S. The molecule has 2 saturated carbocycles. The maximum atomic E-state index is 14.2. The van der Waals surface area contributed by atoms with E-state index >= 15 is 0 Å². The molecule has 2 fully saturated rings. The molecule has 5 N–H and O–H groups in total. The second-order valence-electron chi connectivity index (χ2n) is 7.98. The highest BCUT2D eigenvalue weighted by molar-refractivity contribution is 7.99. The standard InChI is InChI=1S/C21H25ClFN5O3S/c1-11(22)26-10-16(23)20(24)27-19-15-8-13(18(19)21(25)29)9-17(15)32-6-5-12-3-2-4-14(7-12)28(30)31/h2-4,7,10,13,15,17-19,27H,1,5-6,8-9,24H2,(H2,25,29)/b20-16-,26-10-/t13-,15+,17+,18?,19+/m0/s1. The van der Waals surface area contributed by atoms with Crippen LogP contribution in [-0.4, -0.2) is 34.1 Å². The quantitative estimate of drug-likeness (QED) is 0.203. The van der Waals surface area contributed by atoms with Crippen molar-refractivity contribution in [1.82, 2.24) is 5.32 Å². The predicted octanol–water partition coefficient (Wildman–Crippen LogP) is 3.22. The number of nitrogens with two attached hydrogens (primary N) is 2. The normalized spacial score (nSPS) is 27.4. The minimum Gasteiger partial charge on any atom is -0.383 e. The van der Waals surface area contributed by atoms with Gasteiger partial charge in [0.25, 0.3) is 5.69 Å². The first-order chi connectivity index (χ1) is 15.2. The van der Waals surface area contributed by atoms with E-state index in [2.05, 4.69) is 16.9 Å². The van der Waals surface area contributed by atoms with Crippen molar-refractivity contribution in [1.29, 1.82) is 0 Å². The average Bonchev–Trinajstić information content (AvgIpc) is 3.30. The maximum absolute atomic E-state index is 14.2. The van der Waals surface area contributed by atoms with Gasteiger partial charge < -0.3 is 16.8 Å². The number of nitrogens with one attached hydrogen (secondary N) is 1. The average molecular weight is 482 g/mol. The molecule has 3 rings (SSSR count). The van der Waals surface area contributed by atoms with Crippen LogP contribution >= 0.6 is 23.4 Å². The van der Waals surface area contributed by atoms with Crippen molar-refractivity contribution in [3.8, 4) is 0 Å². The zero-order chi connectivity index (χ0) is 23.4. The first-order valence-corrected chi connectivity index (χ1v) is 11.5. The zero-order valence-corrected chi connectivity index (χ0v) is 18.8. The summed E-state index contributed by atoms with van der Waals surface area (Å²) < 4.78 is 14.2. The van der Waals surface area contributed by atoms with E-state index in [9.17, 15) is 19.3 Å². The number of aliphatic imine (C=N–C) groups is 1. The van der Waals surface area contributed by atoms with E-state index in [0.717, 1.165) is 30.4 Å². The highest BCUT2D eigenvalue weighted by atomic mass is 35.5. The number of thioether (sulfide) groups is 1. The first-order valence-electron chi connectivity index (χ1n) is 10.1. The molecule has 0 heterocycles.